The summed E-state index contributed by atoms with van der Waals surface area (Å²) in [6.45, 7) is 2.60. The summed E-state index contributed by atoms with van der Waals surface area (Å²) in [7, 11) is -1.79. The van der Waals surface area contributed by atoms with Gasteiger partial charge in [-0.2, -0.15) is 0 Å². The highest BCUT2D eigenvalue weighted by Crippen LogP contribution is 2.27. The number of hydrogen-bond donors (Lipinski definition) is 3. The summed E-state index contributed by atoms with van der Waals surface area (Å²) in [4.78, 5) is 7.09. The Morgan fingerprint density at radius 2 is 2.10 bits per heavy atom. The minimum Gasteiger partial charge on any atom is -0.347 e. The maximum atomic E-state index is 12.5. The fourth-order valence-corrected chi connectivity index (χ4v) is 4.00. The first-order chi connectivity index (χ1) is 9.94. The molecule has 0 unspecified atom stereocenters. The maximum absolute atomic E-state index is 12.5. The Morgan fingerprint density at radius 1 is 1.33 bits per heavy atom. The molecule has 2 rings (SSSR count). The number of aromatic nitrogens is 2. The molecule has 0 radical (unpaired) electrons. The van der Waals surface area contributed by atoms with E-state index in [9.17, 15) is 8.42 Å². The Hall–Kier alpha value is -1.22. The van der Waals surface area contributed by atoms with Gasteiger partial charge in [-0.15, -0.1) is 0 Å². The fraction of sp³-hybridized carbons (Fsp3) is 0.308. The lowest BCUT2D eigenvalue weighted by atomic mass is 10.1. The van der Waals surface area contributed by atoms with Crippen molar-refractivity contribution in [2.45, 2.75) is 24.9 Å². The van der Waals surface area contributed by atoms with E-state index in [1.807, 2.05) is 20.0 Å². The topological polar surface area (TPSA) is 86.9 Å². The van der Waals surface area contributed by atoms with Crippen LogP contribution in [0.1, 0.15) is 17.0 Å². The van der Waals surface area contributed by atoms with E-state index in [-0.39, 0.29) is 11.4 Å². The maximum Gasteiger partial charge on any atom is 0.242 e. The van der Waals surface area contributed by atoms with E-state index in [1.54, 1.807) is 18.5 Å². The highest BCUT2D eigenvalue weighted by Gasteiger charge is 2.20. The van der Waals surface area contributed by atoms with Gasteiger partial charge in [0, 0.05) is 23.4 Å². The SMILES string of the molecule is CNCc1cc(C)c(Br)c(S(=O)(=O)NCc2ncc[nH]2)c1. The fourth-order valence-electron chi connectivity index (χ4n) is 1.95. The van der Waals surface area contributed by atoms with Crippen LogP contribution < -0.4 is 10.0 Å². The van der Waals surface area contributed by atoms with Gasteiger partial charge in [0.15, 0.2) is 0 Å². The first kappa shape index (κ1) is 16.2. The van der Waals surface area contributed by atoms with Gasteiger partial charge in [-0.25, -0.2) is 18.1 Å². The molecule has 1 aromatic carbocycles. The zero-order valence-electron chi connectivity index (χ0n) is 11.8. The number of rotatable bonds is 6. The van der Waals surface area contributed by atoms with Gasteiger partial charge < -0.3 is 10.3 Å². The lowest BCUT2D eigenvalue weighted by molar-refractivity contribution is 0.578. The number of hydrogen-bond acceptors (Lipinski definition) is 4. The third-order valence-electron chi connectivity index (χ3n) is 2.94. The van der Waals surface area contributed by atoms with Crippen molar-refractivity contribution in [1.82, 2.24) is 20.0 Å². The summed E-state index contributed by atoms with van der Waals surface area (Å²) < 4.78 is 28.0. The second kappa shape index (κ2) is 6.69. The van der Waals surface area contributed by atoms with E-state index in [1.165, 1.54) is 0 Å². The molecule has 0 aliphatic heterocycles. The monoisotopic (exact) mass is 372 g/mol. The smallest absolute Gasteiger partial charge is 0.242 e. The van der Waals surface area contributed by atoms with Crippen molar-refractivity contribution in [3.63, 3.8) is 0 Å². The molecule has 0 saturated heterocycles. The lowest BCUT2D eigenvalue weighted by Gasteiger charge is -2.12. The van der Waals surface area contributed by atoms with Crippen molar-refractivity contribution in [3.05, 3.63) is 46.0 Å². The molecule has 0 bridgehead atoms. The van der Waals surface area contributed by atoms with Gasteiger partial charge in [0.2, 0.25) is 10.0 Å². The molecule has 1 heterocycles. The van der Waals surface area contributed by atoms with E-state index >= 15 is 0 Å². The van der Waals surface area contributed by atoms with Gasteiger partial charge in [-0.1, -0.05) is 6.07 Å². The standard InChI is InChI=1S/C13H17BrN4O2S/c1-9-5-10(7-15-2)6-11(13(9)14)21(19,20)18-8-12-16-3-4-17-12/h3-6,15,18H,7-8H2,1-2H3,(H,16,17). The van der Waals surface area contributed by atoms with Gasteiger partial charge in [-0.05, 0) is 47.1 Å². The molecule has 0 saturated carbocycles. The number of nitrogens with one attached hydrogen (secondary N) is 3. The molecule has 1 aromatic heterocycles. The number of nitrogens with zero attached hydrogens (tertiary/aromatic N) is 1. The van der Waals surface area contributed by atoms with Crippen LogP contribution in [0, 0.1) is 6.92 Å². The number of aromatic amines is 1. The lowest BCUT2D eigenvalue weighted by Crippen LogP contribution is -2.24. The predicted molar refractivity (Wildman–Crippen MR) is 84.3 cm³/mol. The van der Waals surface area contributed by atoms with Gasteiger partial charge >= 0.3 is 0 Å². The van der Waals surface area contributed by atoms with Crippen molar-refractivity contribution < 1.29 is 8.42 Å². The van der Waals surface area contributed by atoms with Gasteiger partial charge in [0.05, 0.1) is 11.4 Å². The second-order valence-corrected chi connectivity index (χ2v) is 7.14. The number of aryl methyl sites for hydroxylation is 1. The summed E-state index contributed by atoms with van der Waals surface area (Å²) in [5, 5.41) is 3.02. The number of imidazole rings is 1. The van der Waals surface area contributed by atoms with E-state index < -0.39 is 10.0 Å². The summed E-state index contributed by atoms with van der Waals surface area (Å²) >= 11 is 3.36. The summed E-state index contributed by atoms with van der Waals surface area (Å²) in [6, 6.07) is 3.62. The minimum absolute atomic E-state index is 0.122. The van der Waals surface area contributed by atoms with Crippen molar-refractivity contribution in [2.24, 2.45) is 0 Å². The second-order valence-electron chi connectivity index (χ2n) is 4.62. The number of sulfonamides is 1. The van der Waals surface area contributed by atoms with E-state index in [0.29, 0.717) is 16.8 Å². The molecule has 0 spiro atoms. The van der Waals surface area contributed by atoms with Gasteiger partial charge in [-0.3, -0.25) is 0 Å². The Labute approximate surface area is 132 Å². The Kier molecular flexibility index (Phi) is 5.15. The highest BCUT2D eigenvalue weighted by atomic mass is 79.9. The first-order valence-corrected chi connectivity index (χ1v) is 8.63. The molecule has 21 heavy (non-hydrogen) atoms. The van der Waals surface area contributed by atoms with Crippen molar-refractivity contribution in [1.29, 1.82) is 0 Å². The quantitative estimate of drug-likeness (QED) is 0.719. The third kappa shape index (κ3) is 3.91. The Bertz CT molecular complexity index is 714. The van der Waals surface area contributed by atoms with E-state index in [4.69, 9.17) is 0 Å². The van der Waals surface area contributed by atoms with Crippen LogP contribution >= 0.6 is 15.9 Å². The highest BCUT2D eigenvalue weighted by molar-refractivity contribution is 9.10. The third-order valence-corrected chi connectivity index (χ3v) is 5.68. The van der Waals surface area contributed by atoms with E-state index in [0.717, 1.165) is 11.1 Å². The van der Waals surface area contributed by atoms with Gasteiger partial charge in [0.1, 0.15) is 5.82 Å². The normalized spacial score (nSPS) is 11.8. The molecule has 6 nitrogen and oxygen atoms in total. The molecular weight excluding hydrogens is 356 g/mol. The average molecular weight is 373 g/mol. The number of halogens is 1. The summed E-state index contributed by atoms with van der Waals surface area (Å²) in [5.74, 6) is 0.567. The molecular formula is C13H17BrN4O2S. The zero-order chi connectivity index (χ0) is 15.5. The van der Waals surface area contributed by atoms with Crippen molar-refractivity contribution in [3.8, 4) is 0 Å². The van der Waals surface area contributed by atoms with Gasteiger partial charge in [0.25, 0.3) is 0 Å². The largest absolute Gasteiger partial charge is 0.347 e. The minimum atomic E-state index is -3.62. The molecule has 0 aliphatic rings. The van der Waals surface area contributed by atoms with Crippen LogP contribution in [-0.4, -0.2) is 25.4 Å². The molecule has 0 atom stereocenters. The molecule has 0 fully saturated rings. The van der Waals surface area contributed by atoms with Crippen molar-refractivity contribution in [2.75, 3.05) is 7.05 Å². The van der Waals surface area contributed by atoms with Crippen LogP contribution in [0.2, 0.25) is 0 Å². The molecule has 0 amide bonds. The summed E-state index contributed by atoms with van der Waals surface area (Å²) in [5.41, 5.74) is 1.79. The molecule has 3 N–H and O–H groups in total. The van der Waals surface area contributed by atoms with Crippen LogP contribution in [-0.2, 0) is 23.1 Å². The van der Waals surface area contributed by atoms with E-state index in [2.05, 4.69) is 35.9 Å². The summed E-state index contributed by atoms with van der Waals surface area (Å²) in [6.07, 6.45) is 3.23. The van der Waals surface area contributed by atoms with Crippen LogP contribution in [0.4, 0.5) is 0 Å². The van der Waals surface area contributed by atoms with Crippen LogP contribution in [0.5, 0.6) is 0 Å². The van der Waals surface area contributed by atoms with Crippen LogP contribution in [0.3, 0.4) is 0 Å². The Morgan fingerprint density at radius 3 is 2.71 bits per heavy atom. The molecule has 2 aromatic rings. The Balaban J connectivity index is 2.30. The van der Waals surface area contributed by atoms with Crippen LogP contribution in [0.15, 0.2) is 33.9 Å². The zero-order valence-corrected chi connectivity index (χ0v) is 14.2. The van der Waals surface area contributed by atoms with Crippen LogP contribution in [0.25, 0.3) is 0 Å². The molecule has 114 valence electrons. The van der Waals surface area contributed by atoms with Crippen molar-refractivity contribution >= 4 is 26.0 Å². The average Bonchev–Trinajstić information content (AvgIpc) is 2.94. The predicted octanol–water partition coefficient (Wildman–Crippen LogP) is 1.68. The number of H-pyrrole nitrogens is 1. The number of benzene rings is 1. The molecule has 0 aliphatic carbocycles. The molecule has 8 heteroatoms. The first-order valence-electron chi connectivity index (χ1n) is 6.35.